The van der Waals surface area contributed by atoms with Crippen molar-refractivity contribution in [2.75, 3.05) is 54.9 Å². The molecule has 0 saturated carbocycles. The van der Waals surface area contributed by atoms with E-state index in [-0.39, 0.29) is 30.2 Å². The summed E-state index contributed by atoms with van der Waals surface area (Å²) in [6.45, 7) is 10.0. The Morgan fingerprint density at radius 2 is 1.97 bits per heavy atom. The Labute approximate surface area is 199 Å². The van der Waals surface area contributed by atoms with Crippen LogP contribution in [0.5, 0.6) is 0 Å². The fraction of sp³-hybridized carbons (Fsp3) is 0.609. The highest BCUT2D eigenvalue weighted by atomic mass is 16.6. The number of anilines is 3. The first kappa shape index (κ1) is 22.6. The summed E-state index contributed by atoms with van der Waals surface area (Å²) in [5, 5.41) is 0. The zero-order chi connectivity index (χ0) is 23.8. The van der Waals surface area contributed by atoms with Gasteiger partial charge in [0.15, 0.2) is 0 Å². The zero-order valence-electron chi connectivity index (χ0n) is 20.0. The SMILES string of the molecule is CC(C)OC(=O)N1CCC(N2CCc3c(-c4cnc(N)nc4)nc(N4CCOCC4C)nc32)C1. The third-order valence-electron chi connectivity index (χ3n) is 6.62. The smallest absolute Gasteiger partial charge is 0.410 e. The third-order valence-corrected chi connectivity index (χ3v) is 6.62. The quantitative estimate of drug-likeness (QED) is 0.709. The van der Waals surface area contributed by atoms with E-state index in [4.69, 9.17) is 25.2 Å². The second kappa shape index (κ2) is 9.21. The van der Waals surface area contributed by atoms with Gasteiger partial charge in [-0.05, 0) is 33.6 Å². The molecule has 5 heterocycles. The van der Waals surface area contributed by atoms with Crippen LogP contribution in [0.15, 0.2) is 12.4 Å². The number of rotatable bonds is 4. The van der Waals surface area contributed by atoms with Crippen LogP contribution < -0.4 is 15.5 Å². The minimum absolute atomic E-state index is 0.130. The highest BCUT2D eigenvalue weighted by Crippen LogP contribution is 2.38. The maximum absolute atomic E-state index is 12.4. The zero-order valence-corrected chi connectivity index (χ0v) is 20.0. The van der Waals surface area contributed by atoms with E-state index in [1.165, 1.54) is 0 Å². The van der Waals surface area contributed by atoms with E-state index in [1.54, 1.807) is 17.3 Å². The Kier molecular flexibility index (Phi) is 6.11. The summed E-state index contributed by atoms with van der Waals surface area (Å²) in [5.41, 5.74) is 8.48. The second-order valence-corrected chi connectivity index (χ2v) is 9.39. The minimum Gasteiger partial charge on any atom is -0.447 e. The fourth-order valence-corrected chi connectivity index (χ4v) is 4.91. The molecular formula is C23H32N8O3. The molecule has 0 bridgehead atoms. The highest BCUT2D eigenvalue weighted by molar-refractivity contribution is 5.73. The summed E-state index contributed by atoms with van der Waals surface area (Å²) in [6.07, 6.45) is 4.76. The molecule has 2 saturated heterocycles. The van der Waals surface area contributed by atoms with Crippen molar-refractivity contribution in [3.05, 3.63) is 18.0 Å². The van der Waals surface area contributed by atoms with E-state index in [9.17, 15) is 4.79 Å². The summed E-state index contributed by atoms with van der Waals surface area (Å²) in [5.74, 6) is 1.85. The van der Waals surface area contributed by atoms with Crippen molar-refractivity contribution >= 4 is 23.8 Å². The van der Waals surface area contributed by atoms with Crippen LogP contribution in [0.3, 0.4) is 0 Å². The van der Waals surface area contributed by atoms with Crippen molar-refractivity contribution in [2.45, 2.75) is 51.8 Å². The van der Waals surface area contributed by atoms with Gasteiger partial charge >= 0.3 is 6.09 Å². The summed E-state index contributed by atoms with van der Waals surface area (Å²) >= 11 is 0. The lowest BCUT2D eigenvalue weighted by molar-refractivity contribution is 0.0832. The molecule has 5 rings (SSSR count). The lowest BCUT2D eigenvalue weighted by Crippen LogP contribution is -2.45. The van der Waals surface area contributed by atoms with Crippen molar-refractivity contribution in [1.29, 1.82) is 0 Å². The first-order valence-electron chi connectivity index (χ1n) is 12.0. The van der Waals surface area contributed by atoms with Crippen LogP contribution in [-0.2, 0) is 15.9 Å². The number of carbonyl (C=O) groups is 1. The molecule has 182 valence electrons. The molecule has 3 aliphatic heterocycles. The topological polar surface area (TPSA) is 123 Å². The molecule has 1 amide bonds. The minimum atomic E-state index is -0.248. The number of morpholine rings is 1. The van der Waals surface area contributed by atoms with Gasteiger partial charge in [0, 0.05) is 55.7 Å². The number of hydrogen-bond donors (Lipinski definition) is 1. The van der Waals surface area contributed by atoms with Crippen molar-refractivity contribution in [2.24, 2.45) is 0 Å². The number of nitrogen functional groups attached to an aromatic ring is 1. The van der Waals surface area contributed by atoms with E-state index in [0.717, 1.165) is 48.6 Å². The first-order valence-corrected chi connectivity index (χ1v) is 12.0. The number of nitrogens with zero attached hydrogens (tertiary/aromatic N) is 7. The summed E-state index contributed by atoms with van der Waals surface area (Å²) in [6, 6.07) is 0.353. The van der Waals surface area contributed by atoms with Crippen LogP contribution in [0.25, 0.3) is 11.3 Å². The van der Waals surface area contributed by atoms with Crippen molar-refractivity contribution in [1.82, 2.24) is 24.8 Å². The Morgan fingerprint density at radius 3 is 2.71 bits per heavy atom. The average Bonchev–Trinajstić information content (AvgIpc) is 3.46. The Morgan fingerprint density at radius 1 is 1.18 bits per heavy atom. The van der Waals surface area contributed by atoms with Crippen LogP contribution in [0.4, 0.5) is 22.5 Å². The number of aromatic nitrogens is 4. The molecule has 0 aromatic carbocycles. The second-order valence-electron chi connectivity index (χ2n) is 9.39. The average molecular weight is 469 g/mol. The van der Waals surface area contributed by atoms with Gasteiger partial charge in [-0.2, -0.15) is 4.98 Å². The maximum Gasteiger partial charge on any atom is 0.410 e. The first-order chi connectivity index (χ1) is 16.4. The number of carbonyl (C=O) groups excluding carboxylic acids is 1. The van der Waals surface area contributed by atoms with Gasteiger partial charge in [0.1, 0.15) is 5.82 Å². The summed E-state index contributed by atoms with van der Waals surface area (Å²) in [4.78, 5) is 37.2. The van der Waals surface area contributed by atoms with Gasteiger partial charge in [-0.1, -0.05) is 0 Å². The van der Waals surface area contributed by atoms with Crippen LogP contribution >= 0.6 is 0 Å². The Bertz CT molecular complexity index is 1050. The number of hydrogen-bond acceptors (Lipinski definition) is 10. The van der Waals surface area contributed by atoms with E-state index in [1.807, 2.05) is 13.8 Å². The van der Waals surface area contributed by atoms with Crippen LogP contribution in [0.2, 0.25) is 0 Å². The number of fused-ring (bicyclic) bond motifs is 1. The highest BCUT2D eigenvalue weighted by Gasteiger charge is 2.37. The molecule has 34 heavy (non-hydrogen) atoms. The molecular weight excluding hydrogens is 436 g/mol. The standard InChI is InChI=1S/C23H32N8O3/c1-14(2)34-23(32)29-6-4-17(12-29)31-7-5-18-19(16-10-25-21(24)26-11-16)27-22(28-20(18)31)30-8-9-33-13-15(30)3/h10-11,14-15,17H,4-9,12-13H2,1-3H3,(H2,24,25,26). The predicted octanol–water partition coefficient (Wildman–Crippen LogP) is 1.72. The molecule has 0 aliphatic carbocycles. The van der Waals surface area contributed by atoms with Gasteiger partial charge in [0.25, 0.3) is 0 Å². The molecule has 2 atom stereocenters. The van der Waals surface area contributed by atoms with E-state index < -0.39 is 0 Å². The van der Waals surface area contributed by atoms with Gasteiger partial charge in [0.05, 0.1) is 31.1 Å². The van der Waals surface area contributed by atoms with Gasteiger partial charge in [0.2, 0.25) is 11.9 Å². The van der Waals surface area contributed by atoms with Gasteiger partial charge < -0.3 is 29.9 Å². The molecule has 11 nitrogen and oxygen atoms in total. The molecule has 2 unspecified atom stereocenters. The molecule has 2 aromatic rings. The number of ether oxygens (including phenoxy) is 2. The van der Waals surface area contributed by atoms with E-state index in [0.29, 0.717) is 32.3 Å². The molecule has 2 aromatic heterocycles. The largest absolute Gasteiger partial charge is 0.447 e. The van der Waals surface area contributed by atoms with Crippen molar-refractivity contribution < 1.29 is 14.3 Å². The van der Waals surface area contributed by atoms with Crippen molar-refractivity contribution in [3.8, 4) is 11.3 Å². The Hall–Kier alpha value is -3.21. The Balaban J connectivity index is 1.49. The molecule has 2 fully saturated rings. The van der Waals surface area contributed by atoms with Gasteiger partial charge in [-0.25, -0.2) is 19.7 Å². The molecule has 11 heteroatoms. The van der Waals surface area contributed by atoms with Crippen LogP contribution in [0, 0.1) is 0 Å². The van der Waals surface area contributed by atoms with Gasteiger partial charge in [-0.3, -0.25) is 0 Å². The number of likely N-dealkylation sites (tertiary alicyclic amines) is 1. The van der Waals surface area contributed by atoms with Gasteiger partial charge in [-0.15, -0.1) is 0 Å². The van der Waals surface area contributed by atoms with Crippen LogP contribution in [-0.4, -0.2) is 88.5 Å². The lowest BCUT2D eigenvalue weighted by atomic mass is 10.1. The van der Waals surface area contributed by atoms with Crippen molar-refractivity contribution in [3.63, 3.8) is 0 Å². The molecule has 2 N–H and O–H groups in total. The predicted molar refractivity (Wildman–Crippen MR) is 128 cm³/mol. The van der Waals surface area contributed by atoms with E-state index in [2.05, 4.69) is 26.7 Å². The van der Waals surface area contributed by atoms with E-state index >= 15 is 0 Å². The number of amides is 1. The summed E-state index contributed by atoms with van der Waals surface area (Å²) < 4.78 is 11.0. The third kappa shape index (κ3) is 4.31. The maximum atomic E-state index is 12.4. The molecule has 3 aliphatic rings. The van der Waals surface area contributed by atoms with Crippen LogP contribution in [0.1, 0.15) is 32.8 Å². The summed E-state index contributed by atoms with van der Waals surface area (Å²) in [7, 11) is 0. The molecule has 0 spiro atoms. The lowest BCUT2D eigenvalue weighted by Gasteiger charge is -2.34. The normalized spacial score (nSPS) is 22.4. The fourth-order valence-electron chi connectivity index (χ4n) is 4.91. The monoisotopic (exact) mass is 468 g/mol. The molecule has 0 radical (unpaired) electrons. The number of nitrogens with two attached hydrogens (primary N) is 1.